The van der Waals surface area contributed by atoms with Crippen LogP contribution in [0.15, 0.2) is 77.6 Å². The van der Waals surface area contributed by atoms with E-state index in [9.17, 15) is 14.0 Å². The van der Waals surface area contributed by atoms with Gasteiger partial charge in [0.1, 0.15) is 5.82 Å². The normalized spacial score (nSPS) is 14.4. The maximum Gasteiger partial charge on any atom is 0.296 e. The van der Waals surface area contributed by atoms with Crippen molar-refractivity contribution in [2.45, 2.75) is 20.0 Å². The molecule has 0 aliphatic carbocycles. The van der Waals surface area contributed by atoms with E-state index in [0.29, 0.717) is 29.7 Å². The minimum absolute atomic E-state index is 0.00369. The molecule has 3 heterocycles. The first kappa shape index (κ1) is 24.0. The Balaban J connectivity index is 1.31. The highest BCUT2D eigenvalue weighted by molar-refractivity contribution is 5.91. The van der Waals surface area contributed by atoms with Gasteiger partial charge in [0, 0.05) is 32.7 Å². The number of hydrogen-bond acceptors (Lipinski definition) is 5. The van der Waals surface area contributed by atoms with Gasteiger partial charge in [0.15, 0.2) is 0 Å². The van der Waals surface area contributed by atoms with Crippen LogP contribution in [-0.2, 0) is 13.1 Å². The molecule has 1 amide bonds. The number of hydrogen-bond donors (Lipinski definition) is 0. The Bertz CT molecular complexity index is 1700. The molecule has 9 heteroatoms. The Morgan fingerprint density at radius 3 is 2.39 bits per heavy atom. The monoisotopic (exact) mass is 510 g/mol. The summed E-state index contributed by atoms with van der Waals surface area (Å²) in [6, 6.07) is 22.1. The summed E-state index contributed by atoms with van der Waals surface area (Å²) >= 11 is 0. The van der Waals surface area contributed by atoms with Gasteiger partial charge in [-0.15, -0.1) is 5.10 Å². The number of rotatable bonds is 5. The van der Waals surface area contributed by atoms with Gasteiger partial charge in [0.2, 0.25) is 11.5 Å². The van der Waals surface area contributed by atoms with Crippen molar-refractivity contribution in [1.82, 2.24) is 29.0 Å². The molecule has 0 atom stereocenters. The van der Waals surface area contributed by atoms with Gasteiger partial charge in [-0.3, -0.25) is 19.1 Å². The largest absolute Gasteiger partial charge is 0.333 e. The maximum absolute atomic E-state index is 13.8. The molecule has 5 aromatic rings. The predicted molar refractivity (Wildman–Crippen MR) is 143 cm³/mol. The SMILES string of the molecule is Cc1ccc2c(c1)n(Cc1cccc(F)c1)c(=O)c1nc(C(=O)N3CCN(Cc4ccccc4)CC3)nn12. The number of piperazine rings is 1. The third-order valence-corrected chi connectivity index (χ3v) is 7.02. The third-order valence-electron chi connectivity index (χ3n) is 7.02. The zero-order valence-corrected chi connectivity index (χ0v) is 21.0. The van der Waals surface area contributed by atoms with E-state index in [4.69, 9.17) is 0 Å². The Labute approximate surface area is 218 Å². The van der Waals surface area contributed by atoms with E-state index in [0.717, 1.165) is 25.2 Å². The molecule has 1 aliphatic rings. The highest BCUT2D eigenvalue weighted by atomic mass is 19.1. The summed E-state index contributed by atoms with van der Waals surface area (Å²) in [5, 5.41) is 4.48. The van der Waals surface area contributed by atoms with Gasteiger partial charge in [-0.2, -0.15) is 4.98 Å². The Morgan fingerprint density at radius 1 is 0.868 bits per heavy atom. The average molecular weight is 511 g/mol. The van der Waals surface area contributed by atoms with E-state index in [1.165, 1.54) is 22.2 Å². The minimum atomic E-state index is -0.383. The lowest BCUT2D eigenvalue weighted by atomic mass is 10.2. The number of amides is 1. The van der Waals surface area contributed by atoms with E-state index < -0.39 is 0 Å². The van der Waals surface area contributed by atoms with Crippen LogP contribution < -0.4 is 5.56 Å². The molecule has 0 unspecified atom stereocenters. The number of carbonyl (C=O) groups excluding carboxylic acids is 1. The molecule has 0 spiro atoms. The summed E-state index contributed by atoms with van der Waals surface area (Å²) < 4.78 is 16.9. The summed E-state index contributed by atoms with van der Waals surface area (Å²) in [5.74, 6) is -0.648. The molecule has 3 aromatic carbocycles. The van der Waals surface area contributed by atoms with E-state index in [-0.39, 0.29) is 35.3 Å². The summed E-state index contributed by atoms with van der Waals surface area (Å²) in [4.78, 5) is 35.4. The Kier molecular flexibility index (Phi) is 6.21. The lowest BCUT2D eigenvalue weighted by Crippen LogP contribution is -2.48. The van der Waals surface area contributed by atoms with Crippen molar-refractivity contribution in [1.29, 1.82) is 0 Å². The lowest BCUT2D eigenvalue weighted by Gasteiger charge is -2.34. The zero-order valence-electron chi connectivity index (χ0n) is 21.0. The number of carbonyl (C=O) groups is 1. The number of benzene rings is 3. The molecule has 192 valence electrons. The maximum atomic E-state index is 13.8. The minimum Gasteiger partial charge on any atom is -0.333 e. The molecule has 1 fully saturated rings. The molecule has 0 bridgehead atoms. The lowest BCUT2D eigenvalue weighted by molar-refractivity contribution is 0.0617. The fourth-order valence-corrected chi connectivity index (χ4v) is 5.03. The van der Waals surface area contributed by atoms with Crippen molar-refractivity contribution in [2.75, 3.05) is 26.2 Å². The summed E-state index contributed by atoms with van der Waals surface area (Å²) in [7, 11) is 0. The summed E-state index contributed by atoms with van der Waals surface area (Å²) in [5.41, 5.74) is 3.85. The first-order valence-corrected chi connectivity index (χ1v) is 12.7. The van der Waals surface area contributed by atoms with Crippen LogP contribution in [0.25, 0.3) is 16.7 Å². The smallest absolute Gasteiger partial charge is 0.296 e. The van der Waals surface area contributed by atoms with Crippen LogP contribution in [0.5, 0.6) is 0 Å². The average Bonchev–Trinajstić information content (AvgIpc) is 3.38. The van der Waals surface area contributed by atoms with E-state index in [1.54, 1.807) is 21.6 Å². The van der Waals surface area contributed by atoms with Crippen LogP contribution in [0.1, 0.15) is 27.3 Å². The van der Waals surface area contributed by atoms with Crippen molar-refractivity contribution in [3.05, 3.63) is 111 Å². The molecule has 0 saturated carbocycles. The van der Waals surface area contributed by atoms with Gasteiger partial charge >= 0.3 is 0 Å². The van der Waals surface area contributed by atoms with Crippen LogP contribution in [-0.4, -0.2) is 61.1 Å². The molecular weight excluding hydrogens is 483 g/mol. The van der Waals surface area contributed by atoms with Gasteiger partial charge in [0.05, 0.1) is 17.6 Å². The molecule has 0 radical (unpaired) electrons. The van der Waals surface area contributed by atoms with Crippen LogP contribution >= 0.6 is 0 Å². The van der Waals surface area contributed by atoms with Crippen LogP contribution in [0.2, 0.25) is 0 Å². The molecular formula is C29H27FN6O2. The van der Waals surface area contributed by atoms with Gasteiger partial charge in [0.25, 0.3) is 11.5 Å². The molecule has 38 heavy (non-hydrogen) atoms. The van der Waals surface area contributed by atoms with E-state index in [2.05, 4.69) is 27.1 Å². The second kappa shape index (κ2) is 9.83. The summed E-state index contributed by atoms with van der Waals surface area (Å²) in [6.45, 7) is 5.57. The topological polar surface area (TPSA) is 75.7 Å². The molecule has 1 aliphatic heterocycles. The first-order valence-electron chi connectivity index (χ1n) is 12.7. The highest BCUT2D eigenvalue weighted by Gasteiger charge is 2.26. The highest BCUT2D eigenvalue weighted by Crippen LogP contribution is 2.18. The van der Waals surface area contributed by atoms with Crippen LogP contribution in [0.3, 0.4) is 0 Å². The second-order valence-electron chi connectivity index (χ2n) is 9.74. The van der Waals surface area contributed by atoms with Gasteiger partial charge in [-0.05, 0) is 47.9 Å². The Morgan fingerprint density at radius 2 is 1.63 bits per heavy atom. The standard InChI is InChI=1S/C29H27FN6O2/c1-20-10-11-24-25(16-20)35(19-22-8-5-9-23(30)17-22)29(38)27-31-26(32-36(24)27)28(37)34-14-12-33(13-15-34)18-21-6-3-2-4-7-21/h2-11,16-17H,12-15,18-19H2,1H3. The summed E-state index contributed by atoms with van der Waals surface area (Å²) in [6.07, 6.45) is 0. The predicted octanol–water partition coefficient (Wildman–Crippen LogP) is 3.50. The van der Waals surface area contributed by atoms with Crippen LogP contribution in [0.4, 0.5) is 4.39 Å². The van der Waals surface area contributed by atoms with Crippen molar-refractivity contribution in [3.8, 4) is 0 Å². The molecule has 2 aromatic heterocycles. The second-order valence-corrected chi connectivity index (χ2v) is 9.74. The fraction of sp³-hybridized carbons (Fsp3) is 0.241. The van der Waals surface area contributed by atoms with Gasteiger partial charge in [-0.25, -0.2) is 8.91 Å². The van der Waals surface area contributed by atoms with Crippen molar-refractivity contribution in [2.24, 2.45) is 0 Å². The van der Waals surface area contributed by atoms with Crippen molar-refractivity contribution < 1.29 is 9.18 Å². The number of fused-ring (bicyclic) bond motifs is 3. The van der Waals surface area contributed by atoms with Crippen LogP contribution in [0, 0.1) is 12.7 Å². The number of aryl methyl sites for hydroxylation is 1. The Hall–Kier alpha value is -4.37. The number of nitrogens with zero attached hydrogens (tertiary/aromatic N) is 6. The van der Waals surface area contributed by atoms with Crippen molar-refractivity contribution in [3.63, 3.8) is 0 Å². The first-order chi connectivity index (χ1) is 18.5. The zero-order chi connectivity index (χ0) is 26.2. The van der Waals surface area contributed by atoms with E-state index >= 15 is 0 Å². The third kappa shape index (κ3) is 4.56. The van der Waals surface area contributed by atoms with E-state index in [1.807, 2.05) is 43.3 Å². The number of aromatic nitrogens is 4. The van der Waals surface area contributed by atoms with Gasteiger partial charge < -0.3 is 4.90 Å². The molecule has 0 N–H and O–H groups in total. The quantitative estimate of drug-likeness (QED) is 0.362. The number of halogens is 1. The van der Waals surface area contributed by atoms with Crippen molar-refractivity contribution >= 4 is 22.6 Å². The molecule has 6 rings (SSSR count). The fourth-order valence-electron chi connectivity index (χ4n) is 5.03. The molecule has 8 nitrogen and oxygen atoms in total. The van der Waals surface area contributed by atoms with Gasteiger partial charge in [-0.1, -0.05) is 48.5 Å². The molecule has 1 saturated heterocycles.